The number of aliphatic hydroxyl groups is 1. The van der Waals surface area contributed by atoms with E-state index in [1.54, 1.807) is 37.0 Å². The smallest absolute Gasteiger partial charge is 0.258 e. The van der Waals surface area contributed by atoms with E-state index in [9.17, 15) is 9.90 Å². The molecule has 0 radical (unpaired) electrons. The fourth-order valence-corrected chi connectivity index (χ4v) is 4.34. The van der Waals surface area contributed by atoms with Crippen molar-refractivity contribution in [3.05, 3.63) is 59.4 Å². The van der Waals surface area contributed by atoms with Crippen molar-refractivity contribution in [2.24, 2.45) is 7.05 Å². The quantitative estimate of drug-likeness (QED) is 0.223. The summed E-state index contributed by atoms with van der Waals surface area (Å²) < 4.78 is 12.6. The summed E-state index contributed by atoms with van der Waals surface area (Å²) in [7, 11) is 3.29. The van der Waals surface area contributed by atoms with Gasteiger partial charge in [-0.3, -0.25) is 9.89 Å². The van der Waals surface area contributed by atoms with E-state index in [4.69, 9.17) is 21.1 Å². The lowest BCUT2D eigenvalue weighted by atomic mass is 9.93. The highest BCUT2D eigenvalue weighted by molar-refractivity contribution is 6.38. The van der Waals surface area contributed by atoms with E-state index in [1.165, 1.54) is 7.11 Å². The maximum atomic E-state index is 12.4. The number of hydrogen-bond acceptors (Lipinski definition) is 8. The van der Waals surface area contributed by atoms with E-state index < -0.39 is 0 Å². The normalized spacial score (nSPS) is 18.3. The Balaban J connectivity index is 1.38. The number of carbonyl (C=O) groups excluding carboxylic acids is 1. The number of halogens is 1. The molecule has 1 fully saturated rings. The van der Waals surface area contributed by atoms with Crippen molar-refractivity contribution < 1.29 is 19.4 Å². The van der Waals surface area contributed by atoms with E-state index >= 15 is 0 Å². The van der Waals surface area contributed by atoms with Crippen LogP contribution in [0.3, 0.4) is 0 Å². The Morgan fingerprint density at radius 2 is 2.08 bits per heavy atom. The molecule has 11 nitrogen and oxygen atoms in total. The van der Waals surface area contributed by atoms with Crippen molar-refractivity contribution in [2.75, 3.05) is 19.0 Å². The molecule has 38 heavy (non-hydrogen) atoms. The number of aromatic nitrogens is 5. The number of allylic oxidation sites excluding steroid dienone is 4. The Labute approximate surface area is 225 Å². The maximum Gasteiger partial charge on any atom is 0.258 e. The maximum absolute atomic E-state index is 12.4. The molecule has 1 aromatic carbocycles. The number of rotatable bonds is 10. The molecular formula is C26H32ClN7O4. The second-order valence-electron chi connectivity index (χ2n) is 9.11. The molecule has 4 rings (SSSR count). The minimum atomic E-state index is -0.277. The molecule has 1 saturated carbocycles. The van der Waals surface area contributed by atoms with Crippen LogP contribution in [-0.4, -0.2) is 61.8 Å². The molecule has 1 aliphatic rings. The first-order chi connectivity index (χ1) is 18.2. The summed E-state index contributed by atoms with van der Waals surface area (Å²) in [4.78, 5) is 16.9. The number of H-pyrrole nitrogens is 1. The van der Waals surface area contributed by atoms with Crippen molar-refractivity contribution in [1.82, 2.24) is 30.3 Å². The SMILES string of the molecule is C=C(/C=C\C(OCC(=O)NC1CCC(O)CC1)=C(/C)OC)c1nc(Nc2ccc3[nH]ncc3c2Cl)n(C)n1. The van der Waals surface area contributed by atoms with Gasteiger partial charge in [-0.2, -0.15) is 10.1 Å². The monoisotopic (exact) mass is 541 g/mol. The second-order valence-corrected chi connectivity index (χ2v) is 9.49. The molecule has 0 unspecified atom stereocenters. The van der Waals surface area contributed by atoms with E-state index in [0.29, 0.717) is 52.4 Å². The number of fused-ring (bicyclic) bond motifs is 1. The van der Waals surface area contributed by atoms with Gasteiger partial charge in [-0.05, 0) is 56.9 Å². The van der Waals surface area contributed by atoms with Crippen LogP contribution in [0.5, 0.6) is 0 Å². The van der Waals surface area contributed by atoms with E-state index in [2.05, 4.69) is 37.5 Å². The van der Waals surface area contributed by atoms with Crippen LogP contribution < -0.4 is 10.6 Å². The molecule has 2 aromatic heterocycles. The molecule has 0 saturated heterocycles. The van der Waals surface area contributed by atoms with Crippen LogP contribution in [0.1, 0.15) is 38.4 Å². The van der Waals surface area contributed by atoms with Gasteiger partial charge in [0.05, 0.1) is 35.6 Å². The van der Waals surface area contributed by atoms with Gasteiger partial charge in [-0.15, -0.1) is 5.10 Å². The number of methoxy groups -OCH3 is 1. The molecule has 2 heterocycles. The molecule has 12 heteroatoms. The summed E-state index contributed by atoms with van der Waals surface area (Å²) in [5, 5.41) is 28.4. The van der Waals surface area contributed by atoms with Crippen molar-refractivity contribution in [2.45, 2.75) is 44.8 Å². The molecule has 202 valence electrons. The highest BCUT2D eigenvalue weighted by atomic mass is 35.5. The molecule has 1 aliphatic carbocycles. The van der Waals surface area contributed by atoms with Crippen LogP contribution in [0.15, 0.2) is 48.6 Å². The van der Waals surface area contributed by atoms with Gasteiger partial charge in [0.25, 0.3) is 5.91 Å². The number of nitrogens with one attached hydrogen (secondary N) is 3. The summed E-state index contributed by atoms with van der Waals surface area (Å²) in [6, 6.07) is 3.76. The van der Waals surface area contributed by atoms with Gasteiger partial charge in [-0.25, -0.2) is 4.68 Å². The van der Waals surface area contributed by atoms with Crippen molar-refractivity contribution in [3.63, 3.8) is 0 Å². The lowest BCUT2D eigenvalue weighted by molar-refractivity contribution is -0.125. The number of amides is 1. The zero-order valence-electron chi connectivity index (χ0n) is 21.6. The second kappa shape index (κ2) is 12.1. The summed E-state index contributed by atoms with van der Waals surface area (Å²) in [6.45, 7) is 5.64. The number of aromatic amines is 1. The topological polar surface area (TPSA) is 139 Å². The third kappa shape index (κ3) is 6.53. The molecule has 3 aromatic rings. The highest BCUT2D eigenvalue weighted by Crippen LogP contribution is 2.31. The van der Waals surface area contributed by atoms with Gasteiger partial charge in [0, 0.05) is 24.0 Å². The average Bonchev–Trinajstić information content (AvgIpc) is 3.53. The third-order valence-electron chi connectivity index (χ3n) is 6.36. The largest absolute Gasteiger partial charge is 0.498 e. The lowest BCUT2D eigenvalue weighted by Crippen LogP contribution is -2.40. The number of carbonyl (C=O) groups is 1. The fraction of sp³-hybridized carbons (Fsp3) is 0.385. The van der Waals surface area contributed by atoms with Gasteiger partial charge in [0.1, 0.15) is 5.76 Å². The molecule has 0 aliphatic heterocycles. The fourth-order valence-electron chi connectivity index (χ4n) is 4.08. The standard InChI is InChI=1S/C26H32ClN7O4/c1-15(5-12-22(16(2)37-4)38-14-23(36)29-17-6-8-18(35)9-7-17)25-31-26(34(3)33-25)30-21-11-10-20-19(24(21)27)13-28-32-20/h5,10-13,17-18,35H,1,6-9,14H2,2-4H3,(H,28,32)(H,29,36)(H,30,31,33)/b12-5-,22-16-. The number of anilines is 2. The summed E-state index contributed by atoms with van der Waals surface area (Å²) in [6.07, 6.45) is 7.64. The Kier molecular flexibility index (Phi) is 8.70. The Hall–Kier alpha value is -3.83. The predicted octanol–water partition coefficient (Wildman–Crippen LogP) is 3.97. The first kappa shape index (κ1) is 27.2. The van der Waals surface area contributed by atoms with Crippen LogP contribution in [0.2, 0.25) is 5.02 Å². The van der Waals surface area contributed by atoms with Crippen molar-refractivity contribution in [1.29, 1.82) is 0 Å². The van der Waals surface area contributed by atoms with Gasteiger partial charge >= 0.3 is 0 Å². The van der Waals surface area contributed by atoms with Crippen LogP contribution in [0.25, 0.3) is 16.5 Å². The average molecular weight is 542 g/mol. The first-order valence-corrected chi connectivity index (χ1v) is 12.6. The Bertz CT molecular complexity index is 1370. The van der Waals surface area contributed by atoms with Crippen molar-refractivity contribution in [3.8, 4) is 0 Å². The van der Waals surface area contributed by atoms with Crippen LogP contribution in [-0.2, 0) is 21.3 Å². The van der Waals surface area contributed by atoms with Crippen LogP contribution in [0.4, 0.5) is 11.6 Å². The molecule has 4 N–H and O–H groups in total. The summed E-state index contributed by atoms with van der Waals surface area (Å²) in [5.41, 5.74) is 2.03. The highest BCUT2D eigenvalue weighted by Gasteiger charge is 2.21. The molecule has 0 spiro atoms. The lowest BCUT2D eigenvalue weighted by Gasteiger charge is -2.26. The molecule has 1 amide bonds. The minimum Gasteiger partial charge on any atom is -0.498 e. The molecule has 0 bridgehead atoms. The van der Waals surface area contributed by atoms with Gasteiger partial charge in [0.2, 0.25) is 5.95 Å². The van der Waals surface area contributed by atoms with Crippen molar-refractivity contribution >= 4 is 45.6 Å². The number of benzene rings is 1. The zero-order valence-corrected chi connectivity index (χ0v) is 22.4. The predicted molar refractivity (Wildman–Crippen MR) is 146 cm³/mol. The summed E-state index contributed by atoms with van der Waals surface area (Å²) >= 11 is 6.52. The van der Waals surface area contributed by atoms with E-state index in [-0.39, 0.29) is 24.7 Å². The van der Waals surface area contributed by atoms with Gasteiger partial charge in [-0.1, -0.05) is 18.2 Å². The third-order valence-corrected chi connectivity index (χ3v) is 6.77. The zero-order chi connectivity index (χ0) is 27.2. The van der Waals surface area contributed by atoms with Crippen LogP contribution >= 0.6 is 11.6 Å². The minimum absolute atomic E-state index is 0.0512. The van der Waals surface area contributed by atoms with Crippen LogP contribution in [0, 0.1) is 0 Å². The van der Waals surface area contributed by atoms with E-state index in [0.717, 1.165) is 23.7 Å². The number of aliphatic hydroxyl groups excluding tert-OH is 1. The number of aryl methyl sites for hydroxylation is 1. The Morgan fingerprint density at radius 3 is 2.82 bits per heavy atom. The summed E-state index contributed by atoms with van der Waals surface area (Å²) in [5.74, 6) is 1.54. The first-order valence-electron chi connectivity index (χ1n) is 12.3. The van der Waals surface area contributed by atoms with E-state index in [1.807, 2.05) is 12.1 Å². The van der Waals surface area contributed by atoms with Gasteiger partial charge < -0.3 is 25.2 Å². The number of ether oxygens (including phenoxy) is 2. The molecule has 0 atom stereocenters. The number of hydrogen-bond donors (Lipinski definition) is 4. The molecular weight excluding hydrogens is 510 g/mol. The van der Waals surface area contributed by atoms with Gasteiger partial charge in [0.15, 0.2) is 18.2 Å². The Morgan fingerprint density at radius 1 is 1.32 bits per heavy atom. The number of nitrogens with zero attached hydrogens (tertiary/aromatic N) is 4.